The molecule has 2 N–H and O–H groups in total. The molecule has 1 aromatic rings. The third-order valence-corrected chi connectivity index (χ3v) is 5.90. The molecule has 2 aliphatic rings. The van der Waals surface area contributed by atoms with Gasteiger partial charge in [-0.05, 0) is 49.3 Å². The van der Waals surface area contributed by atoms with Crippen LogP contribution in [0.3, 0.4) is 0 Å². The van der Waals surface area contributed by atoms with Crippen LogP contribution < -0.4 is 10.6 Å². The van der Waals surface area contributed by atoms with Crippen molar-refractivity contribution in [1.82, 2.24) is 10.6 Å². The number of guanidine groups is 1. The van der Waals surface area contributed by atoms with Crippen molar-refractivity contribution in [3.8, 4) is 0 Å². The zero-order valence-corrected chi connectivity index (χ0v) is 17.0. The molecule has 3 unspecified atom stereocenters. The smallest absolute Gasteiger partial charge is 0.191 e. The molecule has 3 atom stereocenters. The Morgan fingerprint density at radius 1 is 1.26 bits per heavy atom. The van der Waals surface area contributed by atoms with E-state index in [0.29, 0.717) is 0 Å². The Kier molecular flexibility index (Phi) is 8.03. The maximum absolute atomic E-state index is 4.80. The molecule has 3 nitrogen and oxygen atoms in total. The highest BCUT2D eigenvalue weighted by Gasteiger charge is 2.37. The fourth-order valence-corrected chi connectivity index (χ4v) is 4.33. The number of hydrogen-bond acceptors (Lipinski definition) is 2. The SMILES string of the molecule is CCNC(=NCC1CC1c1ccccc1)NCC1CCCS1.I. The summed E-state index contributed by atoms with van der Waals surface area (Å²) in [7, 11) is 0. The summed E-state index contributed by atoms with van der Waals surface area (Å²) in [5.41, 5.74) is 1.48. The van der Waals surface area contributed by atoms with E-state index in [1.54, 1.807) is 0 Å². The van der Waals surface area contributed by atoms with Crippen LogP contribution in [-0.2, 0) is 0 Å². The lowest BCUT2D eigenvalue weighted by atomic mass is 10.1. The lowest BCUT2D eigenvalue weighted by molar-refractivity contribution is 0.720. The van der Waals surface area contributed by atoms with Gasteiger partial charge in [-0.25, -0.2) is 0 Å². The number of thioether (sulfide) groups is 1. The first kappa shape index (κ1) is 18.9. The van der Waals surface area contributed by atoms with Crippen LogP contribution >= 0.6 is 35.7 Å². The molecule has 0 aromatic heterocycles. The summed E-state index contributed by atoms with van der Waals surface area (Å²) in [6, 6.07) is 10.9. The summed E-state index contributed by atoms with van der Waals surface area (Å²) in [6.07, 6.45) is 3.99. The second kappa shape index (κ2) is 9.77. The highest BCUT2D eigenvalue weighted by molar-refractivity contribution is 14.0. The third-order valence-electron chi connectivity index (χ3n) is 4.50. The summed E-state index contributed by atoms with van der Waals surface area (Å²) in [5.74, 6) is 3.76. The molecule has 128 valence electrons. The Bertz CT molecular complexity index is 488. The average molecular weight is 445 g/mol. The molecule has 1 aromatic carbocycles. The Labute approximate surface area is 161 Å². The third kappa shape index (κ3) is 5.85. The van der Waals surface area contributed by atoms with Crippen LogP contribution in [0.1, 0.15) is 37.7 Å². The van der Waals surface area contributed by atoms with Gasteiger partial charge in [0.1, 0.15) is 0 Å². The minimum absolute atomic E-state index is 0. The van der Waals surface area contributed by atoms with Crippen molar-refractivity contribution in [2.45, 2.75) is 37.4 Å². The number of aliphatic imine (C=N–C) groups is 1. The van der Waals surface area contributed by atoms with Gasteiger partial charge in [0.05, 0.1) is 0 Å². The molecule has 3 rings (SSSR count). The van der Waals surface area contributed by atoms with E-state index in [4.69, 9.17) is 4.99 Å². The lowest BCUT2D eigenvalue weighted by Gasteiger charge is -2.14. The van der Waals surface area contributed by atoms with Crippen molar-refractivity contribution in [2.24, 2.45) is 10.9 Å². The van der Waals surface area contributed by atoms with Gasteiger partial charge >= 0.3 is 0 Å². The number of hydrogen-bond donors (Lipinski definition) is 2. The largest absolute Gasteiger partial charge is 0.357 e. The van der Waals surface area contributed by atoms with Crippen molar-refractivity contribution >= 4 is 41.7 Å². The molecule has 0 spiro atoms. The van der Waals surface area contributed by atoms with Crippen molar-refractivity contribution in [1.29, 1.82) is 0 Å². The summed E-state index contributed by atoms with van der Waals surface area (Å²) in [5, 5.41) is 7.66. The summed E-state index contributed by atoms with van der Waals surface area (Å²) >= 11 is 2.09. The molecule has 1 aliphatic heterocycles. The van der Waals surface area contributed by atoms with Crippen molar-refractivity contribution in [3.05, 3.63) is 35.9 Å². The van der Waals surface area contributed by atoms with Gasteiger partial charge in [0.2, 0.25) is 0 Å². The van der Waals surface area contributed by atoms with Crippen molar-refractivity contribution < 1.29 is 0 Å². The molecule has 0 radical (unpaired) electrons. The van der Waals surface area contributed by atoms with Gasteiger partial charge in [0, 0.05) is 24.9 Å². The summed E-state index contributed by atoms with van der Waals surface area (Å²) in [4.78, 5) is 4.80. The highest BCUT2D eigenvalue weighted by Crippen LogP contribution is 2.47. The van der Waals surface area contributed by atoms with E-state index >= 15 is 0 Å². The fourth-order valence-electron chi connectivity index (χ4n) is 3.12. The first-order chi connectivity index (χ1) is 10.9. The van der Waals surface area contributed by atoms with Crippen LogP contribution in [0, 0.1) is 5.92 Å². The average Bonchev–Trinajstić information content (AvgIpc) is 3.15. The second-order valence-corrected chi connectivity index (χ2v) is 7.66. The van der Waals surface area contributed by atoms with E-state index < -0.39 is 0 Å². The zero-order valence-electron chi connectivity index (χ0n) is 13.8. The molecular weight excluding hydrogens is 417 g/mol. The Hall–Kier alpha value is -0.430. The standard InChI is InChI=1S/C18H27N3S.HI/c1-2-19-18(21-13-16-9-6-10-22-16)20-12-15-11-17(15)14-7-4-3-5-8-14;/h3-5,7-8,15-17H,2,6,9-13H2,1H3,(H2,19,20,21);1H. The van der Waals surface area contributed by atoms with Crippen LogP contribution in [-0.4, -0.2) is 36.6 Å². The summed E-state index contributed by atoms with van der Waals surface area (Å²) < 4.78 is 0. The number of nitrogens with zero attached hydrogens (tertiary/aromatic N) is 1. The summed E-state index contributed by atoms with van der Waals surface area (Å²) in [6.45, 7) is 5.04. The van der Waals surface area contributed by atoms with Crippen molar-refractivity contribution in [3.63, 3.8) is 0 Å². The predicted molar refractivity (Wildman–Crippen MR) is 112 cm³/mol. The minimum atomic E-state index is 0. The molecule has 0 amide bonds. The van der Waals surface area contributed by atoms with Gasteiger partial charge < -0.3 is 10.6 Å². The fraction of sp³-hybridized carbons (Fsp3) is 0.611. The molecular formula is C18H28IN3S. The second-order valence-electron chi connectivity index (χ2n) is 6.25. The quantitative estimate of drug-likeness (QED) is 0.397. The highest BCUT2D eigenvalue weighted by atomic mass is 127. The number of nitrogens with one attached hydrogen (secondary N) is 2. The number of rotatable bonds is 6. The Balaban J connectivity index is 0.00000192. The number of halogens is 1. The van der Waals surface area contributed by atoms with E-state index in [9.17, 15) is 0 Å². The Morgan fingerprint density at radius 3 is 2.78 bits per heavy atom. The van der Waals surface area contributed by atoms with Crippen LogP contribution in [0.15, 0.2) is 35.3 Å². The van der Waals surface area contributed by atoms with Crippen LogP contribution in [0.2, 0.25) is 0 Å². The molecule has 2 fully saturated rings. The molecule has 1 saturated heterocycles. The maximum atomic E-state index is 4.80. The van der Waals surface area contributed by atoms with Gasteiger partial charge in [-0.2, -0.15) is 11.8 Å². The van der Waals surface area contributed by atoms with E-state index in [2.05, 4.69) is 59.7 Å². The first-order valence-electron chi connectivity index (χ1n) is 8.55. The van der Waals surface area contributed by atoms with E-state index in [-0.39, 0.29) is 24.0 Å². The molecule has 1 heterocycles. The topological polar surface area (TPSA) is 36.4 Å². The van der Waals surface area contributed by atoms with Crippen LogP contribution in [0.25, 0.3) is 0 Å². The normalized spacial score (nSPS) is 26.5. The van der Waals surface area contributed by atoms with Gasteiger partial charge in [0.15, 0.2) is 5.96 Å². The minimum Gasteiger partial charge on any atom is -0.357 e. The maximum Gasteiger partial charge on any atom is 0.191 e. The molecule has 0 bridgehead atoms. The molecule has 1 aliphatic carbocycles. The van der Waals surface area contributed by atoms with E-state index in [1.807, 2.05) is 0 Å². The molecule has 23 heavy (non-hydrogen) atoms. The van der Waals surface area contributed by atoms with Crippen LogP contribution in [0.5, 0.6) is 0 Å². The predicted octanol–water partition coefficient (Wildman–Crippen LogP) is 3.86. The van der Waals surface area contributed by atoms with E-state index in [0.717, 1.165) is 42.7 Å². The lowest BCUT2D eigenvalue weighted by Crippen LogP contribution is -2.40. The Morgan fingerprint density at radius 2 is 2.09 bits per heavy atom. The molecule has 1 saturated carbocycles. The zero-order chi connectivity index (χ0) is 15.2. The molecule has 5 heteroatoms. The van der Waals surface area contributed by atoms with Crippen LogP contribution in [0.4, 0.5) is 0 Å². The first-order valence-corrected chi connectivity index (χ1v) is 9.60. The van der Waals surface area contributed by atoms with Crippen molar-refractivity contribution in [2.75, 3.05) is 25.4 Å². The van der Waals surface area contributed by atoms with Gasteiger partial charge in [-0.3, -0.25) is 4.99 Å². The number of benzene rings is 1. The van der Waals surface area contributed by atoms with Gasteiger partial charge in [-0.15, -0.1) is 24.0 Å². The van der Waals surface area contributed by atoms with Gasteiger partial charge in [-0.1, -0.05) is 30.3 Å². The monoisotopic (exact) mass is 445 g/mol. The van der Waals surface area contributed by atoms with E-state index in [1.165, 1.54) is 30.6 Å². The van der Waals surface area contributed by atoms with Gasteiger partial charge in [0.25, 0.3) is 0 Å².